The molecule has 0 unspecified atom stereocenters. The second-order valence-corrected chi connectivity index (χ2v) is 11.2. The molecule has 9 heteroatoms. The van der Waals surface area contributed by atoms with E-state index in [1.54, 1.807) is 34.1 Å². The summed E-state index contributed by atoms with van der Waals surface area (Å²) < 4.78 is 1.63. The Morgan fingerprint density at radius 3 is 2.76 bits per heavy atom. The summed E-state index contributed by atoms with van der Waals surface area (Å²) in [6, 6.07) is 14.4. The molecular formula is C25H21Cl2N3O2S2. The lowest BCUT2D eigenvalue weighted by Crippen LogP contribution is -2.23. The van der Waals surface area contributed by atoms with Gasteiger partial charge in [0.1, 0.15) is 4.83 Å². The van der Waals surface area contributed by atoms with Crippen LogP contribution >= 0.6 is 46.3 Å². The standard InChI is InChI=1S/C25H21Cl2N3O2S2/c1-14-7-9-17-20(11-14)34-23-22(17)24(32)30(16-5-3-2-4-6-16)25(29-23)33-13-21(31)28-15-8-10-18(26)19(27)12-15/h2-6,8,10,12,14H,7,9,11,13H2,1H3,(H,28,31)/t14-/m0/s1. The van der Waals surface area contributed by atoms with Crippen LogP contribution in [-0.4, -0.2) is 21.2 Å². The largest absolute Gasteiger partial charge is 0.325 e. The predicted molar refractivity (Wildman–Crippen MR) is 142 cm³/mol. The summed E-state index contributed by atoms with van der Waals surface area (Å²) in [6.07, 6.45) is 2.96. The summed E-state index contributed by atoms with van der Waals surface area (Å²) in [7, 11) is 0. The highest BCUT2D eigenvalue weighted by molar-refractivity contribution is 7.99. The number of hydrogen-bond donors (Lipinski definition) is 1. The Kier molecular flexibility index (Phi) is 6.71. The Bertz CT molecular complexity index is 1450. The number of halogens is 2. The molecule has 1 N–H and O–H groups in total. The Balaban J connectivity index is 1.50. The fraction of sp³-hybridized carbons (Fsp3) is 0.240. The van der Waals surface area contributed by atoms with Gasteiger partial charge in [0, 0.05) is 10.6 Å². The zero-order valence-electron chi connectivity index (χ0n) is 18.3. The Hall–Kier alpha value is -2.32. The number of nitrogens with one attached hydrogen (secondary N) is 1. The van der Waals surface area contributed by atoms with Crippen LogP contribution in [0.1, 0.15) is 23.8 Å². The number of para-hydroxylation sites is 1. The molecule has 1 aliphatic carbocycles. The molecule has 34 heavy (non-hydrogen) atoms. The molecule has 0 spiro atoms. The van der Waals surface area contributed by atoms with Crippen molar-refractivity contribution >= 4 is 68.1 Å². The van der Waals surface area contributed by atoms with E-state index in [0.717, 1.165) is 40.7 Å². The van der Waals surface area contributed by atoms with Crippen LogP contribution in [0.5, 0.6) is 0 Å². The van der Waals surface area contributed by atoms with Crippen LogP contribution in [0.25, 0.3) is 15.9 Å². The van der Waals surface area contributed by atoms with E-state index >= 15 is 0 Å². The zero-order valence-corrected chi connectivity index (χ0v) is 21.5. The van der Waals surface area contributed by atoms with Crippen molar-refractivity contribution < 1.29 is 4.79 Å². The third-order valence-electron chi connectivity index (χ3n) is 5.85. The van der Waals surface area contributed by atoms with Gasteiger partial charge in [-0.3, -0.25) is 14.2 Å². The molecule has 2 aromatic heterocycles. The van der Waals surface area contributed by atoms with Crippen molar-refractivity contribution in [2.75, 3.05) is 11.1 Å². The topological polar surface area (TPSA) is 64.0 Å². The molecule has 1 aliphatic rings. The van der Waals surface area contributed by atoms with E-state index in [2.05, 4.69) is 12.2 Å². The highest BCUT2D eigenvalue weighted by Gasteiger charge is 2.25. The van der Waals surface area contributed by atoms with E-state index in [4.69, 9.17) is 28.2 Å². The van der Waals surface area contributed by atoms with Gasteiger partial charge in [-0.2, -0.15) is 0 Å². The minimum atomic E-state index is -0.225. The summed E-state index contributed by atoms with van der Waals surface area (Å²) in [6.45, 7) is 2.25. The number of carbonyl (C=O) groups excluding carboxylic acids is 1. The van der Waals surface area contributed by atoms with Gasteiger partial charge in [0.2, 0.25) is 5.91 Å². The zero-order chi connectivity index (χ0) is 23.8. The number of amides is 1. The number of anilines is 1. The van der Waals surface area contributed by atoms with Crippen LogP contribution in [0.4, 0.5) is 5.69 Å². The molecule has 0 bridgehead atoms. The van der Waals surface area contributed by atoms with Gasteiger partial charge in [0.15, 0.2) is 5.16 Å². The average Bonchev–Trinajstić information content (AvgIpc) is 3.18. The van der Waals surface area contributed by atoms with Crippen molar-refractivity contribution in [1.82, 2.24) is 9.55 Å². The summed E-state index contributed by atoms with van der Waals surface area (Å²) in [5, 5.41) is 4.83. The first-order chi connectivity index (χ1) is 16.4. The van der Waals surface area contributed by atoms with Crippen molar-refractivity contribution in [3.8, 4) is 5.69 Å². The Morgan fingerprint density at radius 2 is 2.00 bits per heavy atom. The molecule has 0 fully saturated rings. The third kappa shape index (κ3) is 4.62. The van der Waals surface area contributed by atoms with Gasteiger partial charge in [0.25, 0.3) is 5.56 Å². The van der Waals surface area contributed by atoms with E-state index in [1.165, 1.54) is 16.6 Å². The number of fused-ring (bicyclic) bond motifs is 3. The average molecular weight is 531 g/mol. The summed E-state index contributed by atoms with van der Waals surface area (Å²) >= 11 is 14.9. The van der Waals surface area contributed by atoms with Gasteiger partial charge >= 0.3 is 0 Å². The van der Waals surface area contributed by atoms with E-state index in [-0.39, 0.29) is 17.2 Å². The molecule has 0 saturated carbocycles. The maximum Gasteiger partial charge on any atom is 0.267 e. The first-order valence-electron chi connectivity index (χ1n) is 10.9. The number of benzene rings is 2. The predicted octanol–water partition coefficient (Wildman–Crippen LogP) is 6.61. The van der Waals surface area contributed by atoms with Crippen molar-refractivity contribution in [3.63, 3.8) is 0 Å². The summed E-state index contributed by atoms with van der Waals surface area (Å²) in [5.74, 6) is 0.472. The van der Waals surface area contributed by atoms with E-state index in [9.17, 15) is 9.59 Å². The van der Waals surface area contributed by atoms with E-state index in [1.807, 2.05) is 30.3 Å². The lowest BCUT2D eigenvalue weighted by Gasteiger charge is -2.17. The van der Waals surface area contributed by atoms with Gasteiger partial charge < -0.3 is 5.32 Å². The first kappa shape index (κ1) is 23.4. The Labute approximate surface area is 215 Å². The normalized spacial score (nSPS) is 15.3. The molecular weight excluding hydrogens is 509 g/mol. The van der Waals surface area contributed by atoms with Crippen molar-refractivity contribution in [3.05, 3.63) is 79.4 Å². The van der Waals surface area contributed by atoms with Crippen molar-refractivity contribution in [2.24, 2.45) is 5.92 Å². The fourth-order valence-electron chi connectivity index (χ4n) is 4.17. The van der Waals surface area contributed by atoms with Crippen molar-refractivity contribution in [2.45, 2.75) is 31.3 Å². The molecule has 2 aromatic carbocycles. The van der Waals surface area contributed by atoms with E-state index in [0.29, 0.717) is 26.8 Å². The number of rotatable bonds is 5. The van der Waals surface area contributed by atoms with Crippen LogP contribution in [0.2, 0.25) is 10.0 Å². The number of hydrogen-bond acceptors (Lipinski definition) is 5. The highest BCUT2D eigenvalue weighted by atomic mass is 35.5. The fourth-order valence-corrected chi connectivity index (χ4v) is 6.71. The number of thioether (sulfide) groups is 1. The first-order valence-corrected chi connectivity index (χ1v) is 13.5. The quantitative estimate of drug-likeness (QED) is 0.233. The van der Waals surface area contributed by atoms with Crippen molar-refractivity contribution in [1.29, 1.82) is 0 Å². The number of thiophene rings is 1. The second-order valence-electron chi connectivity index (χ2n) is 8.37. The van der Waals surface area contributed by atoms with Crippen LogP contribution < -0.4 is 10.9 Å². The maximum absolute atomic E-state index is 13.8. The van der Waals surface area contributed by atoms with E-state index < -0.39 is 0 Å². The van der Waals surface area contributed by atoms with Crippen LogP contribution in [-0.2, 0) is 17.6 Å². The minimum Gasteiger partial charge on any atom is -0.325 e. The molecule has 0 saturated heterocycles. The van der Waals surface area contributed by atoms with Gasteiger partial charge in [0.05, 0.1) is 26.9 Å². The highest BCUT2D eigenvalue weighted by Crippen LogP contribution is 2.37. The van der Waals surface area contributed by atoms with Gasteiger partial charge in [-0.05, 0) is 61.1 Å². The molecule has 5 nitrogen and oxygen atoms in total. The lowest BCUT2D eigenvalue weighted by atomic mass is 9.89. The van der Waals surface area contributed by atoms with Crippen LogP contribution in [0, 0.1) is 5.92 Å². The monoisotopic (exact) mass is 529 g/mol. The SMILES string of the molecule is C[C@H]1CCc2c(sc3nc(SCC(=O)Nc4ccc(Cl)c(Cl)c4)n(-c4ccccc4)c(=O)c23)C1. The molecule has 0 radical (unpaired) electrons. The number of carbonyl (C=O) groups is 1. The molecule has 4 aromatic rings. The molecule has 1 atom stereocenters. The Morgan fingerprint density at radius 1 is 1.21 bits per heavy atom. The van der Waals surface area contributed by atoms with Crippen LogP contribution in [0.15, 0.2) is 58.5 Å². The van der Waals surface area contributed by atoms with Gasteiger partial charge in [-0.1, -0.05) is 60.1 Å². The molecule has 5 rings (SSSR count). The van der Waals surface area contributed by atoms with Gasteiger partial charge in [-0.25, -0.2) is 4.98 Å². The number of nitrogens with zero attached hydrogens (tertiary/aromatic N) is 2. The maximum atomic E-state index is 13.8. The number of aryl methyl sites for hydroxylation is 1. The molecule has 174 valence electrons. The van der Waals surface area contributed by atoms with Gasteiger partial charge in [-0.15, -0.1) is 11.3 Å². The summed E-state index contributed by atoms with van der Waals surface area (Å²) in [4.78, 5) is 33.3. The molecule has 2 heterocycles. The molecule has 1 amide bonds. The second kappa shape index (κ2) is 9.74. The lowest BCUT2D eigenvalue weighted by molar-refractivity contribution is -0.113. The smallest absolute Gasteiger partial charge is 0.267 e. The van der Waals surface area contributed by atoms with Crippen LogP contribution in [0.3, 0.4) is 0 Å². The minimum absolute atomic E-state index is 0.0735. The molecule has 0 aliphatic heterocycles. The number of aromatic nitrogens is 2. The summed E-state index contributed by atoms with van der Waals surface area (Å²) in [5.41, 5.74) is 2.37. The third-order valence-corrected chi connectivity index (χ3v) is 8.67.